The Morgan fingerprint density at radius 3 is 2.58 bits per heavy atom. The van der Waals surface area contributed by atoms with Crippen molar-refractivity contribution in [3.05, 3.63) is 34.3 Å². The van der Waals surface area contributed by atoms with Gasteiger partial charge in [-0.25, -0.2) is 0 Å². The van der Waals surface area contributed by atoms with Crippen LogP contribution in [0.3, 0.4) is 0 Å². The summed E-state index contributed by atoms with van der Waals surface area (Å²) in [7, 11) is 0. The molecule has 1 aromatic carbocycles. The molecule has 1 aromatic rings. The molecule has 1 atom stereocenters. The fourth-order valence-electron chi connectivity index (χ4n) is 0.959. The van der Waals surface area contributed by atoms with Crippen LogP contribution in [0.2, 0.25) is 0 Å². The number of hydrogen-bond donors (Lipinski definition) is 1. The molecule has 1 rings (SSSR count). The first-order valence-electron chi connectivity index (χ1n) is 3.60. The van der Waals surface area contributed by atoms with Gasteiger partial charge < -0.3 is 5.11 Å². The molecule has 0 aromatic heterocycles. The summed E-state index contributed by atoms with van der Waals surface area (Å²) in [5.74, 6) is -1.26. The third-order valence-corrected chi connectivity index (χ3v) is 2.46. The Morgan fingerprint density at radius 1 is 1.50 bits per heavy atom. The number of benzene rings is 1. The van der Waals surface area contributed by atoms with Crippen LogP contribution in [0.1, 0.15) is 18.4 Å². The van der Waals surface area contributed by atoms with Crippen LogP contribution in [0.5, 0.6) is 0 Å². The number of carbonyl (C=O) groups is 1. The van der Waals surface area contributed by atoms with Gasteiger partial charge in [0.1, 0.15) is 0 Å². The lowest BCUT2D eigenvalue weighted by Crippen LogP contribution is -2.07. The Morgan fingerprint density at radius 2 is 2.08 bits per heavy atom. The van der Waals surface area contributed by atoms with E-state index in [4.69, 9.17) is 5.11 Å². The van der Waals surface area contributed by atoms with E-state index in [1.165, 1.54) is 0 Å². The quantitative estimate of drug-likeness (QED) is 0.846. The molecular weight excluding hydrogens is 220 g/mol. The van der Waals surface area contributed by atoms with Gasteiger partial charge in [0, 0.05) is 4.47 Å². The second kappa shape index (κ2) is 3.72. The van der Waals surface area contributed by atoms with Crippen LogP contribution in [0.15, 0.2) is 28.7 Å². The first-order chi connectivity index (χ1) is 5.63. The van der Waals surface area contributed by atoms with Crippen LogP contribution in [-0.2, 0) is 4.79 Å². The summed E-state index contributed by atoms with van der Waals surface area (Å²) in [4.78, 5) is 10.6. The number of carboxylic acid groups (broad SMARTS) is 1. The predicted molar refractivity (Wildman–Crippen MR) is 50.2 cm³/mol. The zero-order chi connectivity index (χ0) is 9.14. The van der Waals surface area contributed by atoms with E-state index in [0.717, 1.165) is 10.0 Å². The molecule has 0 aliphatic rings. The number of rotatable bonds is 2. The molecule has 0 amide bonds. The fourth-order valence-corrected chi connectivity index (χ4v) is 1.59. The maximum Gasteiger partial charge on any atom is 0.310 e. The first-order valence-corrected chi connectivity index (χ1v) is 4.39. The van der Waals surface area contributed by atoms with Crippen LogP contribution >= 0.6 is 15.9 Å². The minimum absolute atomic E-state index is 0.458. The highest BCUT2D eigenvalue weighted by atomic mass is 79.9. The molecule has 0 radical (unpaired) electrons. The summed E-state index contributed by atoms with van der Waals surface area (Å²) in [6.07, 6.45) is 0. The van der Waals surface area contributed by atoms with Crippen molar-refractivity contribution >= 4 is 21.9 Å². The van der Waals surface area contributed by atoms with Gasteiger partial charge in [-0.05, 0) is 18.6 Å². The second-order valence-corrected chi connectivity index (χ2v) is 3.44. The molecule has 64 valence electrons. The Labute approximate surface area is 79.3 Å². The Kier molecular flexibility index (Phi) is 2.87. The topological polar surface area (TPSA) is 37.3 Å². The Hall–Kier alpha value is -0.830. The van der Waals surface area contributed by atoms with Gasteiger partial charge in [0.15, 0.2) is 0 Å². The summed E-state index contributed by atoms with van der Waals surface area (Å²) >= 11 is 3.30. The standard InChI is InChI=1S/C9H9BrO2/c1-6(9(11)12)7-4-2-3-5-8(7)10/h2-6H,1H3,(H,11,12). The highest BCUT2D eigenvalue weighted by molar-refractivity contribution is 9.10. The van der Waals surface area contributed by atoms with Crippen LogP contribution in [0.25, 0.3) is 0 Å². The summed E-state index contributed by atoms with van der Waals surface area (Å²) in [5.41, 5.74) is 0.810. The molecular formula is C9H9BrO2. The van der Waals surface area contributed by atoms with Gasteiger partial charge in [-0.3, -0.25) is 4.79 Å². The largest absolute Gasteiger partial charge is 0.481 e. The van der Waals surface area contributed by atoms with Crippen molar-refractivity contribution in [2.75, 3.05) is 0 Å². The van der Waals surface area contributed by atoms with E-state index < -0.39 is 11.9 Å². The summed E-state index contributed by atoms with van der Waals surface area (Å²) in [6, 6.07) is 7.35. The van der Waals surface area contributed by atoms with E-state index in [1.54, 1.807) is 6.92 Å². The molecule has 0 aliphatic carbocycles. The molecule has 0 saturated carbocycles. The average Bonchev–Trinajstić information content (AvgIpc) is 2.04. The van der Waals surface area contributed by atoms with Crippen LogP contribution in [0, 0.1) is 0 Å². The maximum absolute atomic E-state index is 10.6. The third kappa shape index (κ3) is 1.85. The number of hydrogen-bond acceptors (Lipinski definition) is 1. The van der Waals surface area contributed by atoms with E-state index >= 15 is 0 Å². The molecule has 0 fully saturated rings. The van der Waals surface area contributed by atoms with Gasteiger partial charge in [-0.15, -0.1) is 0 Å². The van der Waals surface area contributed by atoms with E-state index in [-0.39, 0.29) is 0 Å². The normalized spacial score (nSPS) is 12.5. The van der Waals surface area contributed by atoms with Gasteiger partial charge >= 0.3 is 5.97 Å². The summed E-state index contributed by atoms with van der Waals surface area (Å²) in [6.45, 7) is 1.67. The third-order valence-electron chi connectivity index (χ3n) is 1.74. The second-order valence-electron chi connectivity index (χ2n) is 2.58. The van der Waals surface area contributed by atoms with Crippen LogP contribution in [0.4, 0.5) is 0 Å². The van der Waals surface area contributed by atoms with Gasteiger partial charge in [-0.2, -0.15) is 0 Å². The van der Waals surface area contributed by atoms with Gasteiger partial charge in [0.2, 0.25) is 0 Å². The van der Waals surface area contributed by atoms with Crippen molar-refractivity contribution < 1.29 is 9.90 Å². The predicted octanol–water partition coefficient (Wildman–Crippen LogP) is 2.64. The molecule has 0 saturated heterocycles. The van der Waals surface area contributed by atoms with Crippen molar-refractivity contribution in [1.29, 1.82) is 0 Å². The van der Waals surface area contributed by atoms with Crippen molar-refractivity contribution in [3.63, 3.8) is 0 Å². The zero-order valence-corrected chi connectivity index (χ0v) is 8.21. The SMILES string of the molecule is CC(C(=O)O)c1ccccc1Br. The fraction of sp³-hybridized carbons (Fsp3) is 0.222. The lowest BCUT2D eigenvalue weighted by molar-refractivity contribution is -0.138. The van der Waals surface area contributed by atoms with Crippen molar-refractivity contribution in [1.82, 2.24) is 0 Å². The molecule has 1 unspecified atom stereocenters. The molecule has 3 heteroatoms. The highest BCUT2D eigenvalue weighted by Crippen LogP contribution is 2.24. The number of aliphatic carboxylic acids is 1. The van der Waals surface area contributed by atoms with E-state index in [9.17, 15) is 4.79 Å². The van der Waals surface area contributed by atoms with Gasteiger partial charge in [-0.1, -0.05) is 34.1 Å². The van der Waals surface area contributed by atoms with Crippen molar-refractivity contribution in [2.24, 2.45) is 0 Å². The van der Waals surface area contributed by atoms with Crippen LogP contribution < -0.4 is 0 Å². The summed E-state index contributed by atoms with van der Waals surface area (Å²) in [5, 5.41) is 8.74. The maximum atomic E-state index is 10.6. The smallest absolute Gasteiger partial charge is 0.310 e. The Balaban J connectivity index is 3.02. The van der Waals surface area contributed by atoms with Gasteiger partial charge in [0.25, 0.3) is 0 Å². The summed E-state index contributed by atoms with van der Waals surface area (Å²) < 4.78 is 0.847. The van der Waals surface area contributed by atoms with Gasteiger partial charge in [0.05, 0.1) is 5.92 Å². The van der Waals surface area contributed by atoms with Crippen LogP contribution in [-0.4, -0.2) is 11.1 Å². The molecule has 12 heavy (non-hydrogen) atoms. The Bertz CT molecular complexity index is 296. The highest BCUT2D eigenvalue weighted by Gasteiger charge is 2.15. The molecule has 0 heterocycles. The monoisotopic (exact) mass is 228 g/mol. The molecule has 0 spiro atoms. The van der Waals surface area contributed by atoms with E-state index in [1.807, 2.05) is 24.3 Å². The molecule has 2 nitrogen and oxygen atoms in total. The lowest BCUT2D eigenvalue weighted by Gasteiger charge is -2.07. The number of carboxylic acids is 1. The average molecular weight is 229 g/mol. The van der Waals surface area contributed by atoms with E-state index in [0.29, 0.717) is 0 Å². The van der Waals surface area contributed by atoms with Crippen molar-refractivity contribution in [3.8, 4) is 0 Å². The molecule has 0 bridgehead atoms. The minimum atomic E-state index is -0.804. The zero-order valence-electron chi connectivity index (χ0n) is 6.62. The minimum Gasteiger partial charge on any atom is -0.481 e. The number of halogens is 1. The molecule has 0 aliphatic heterocycles. The lowest BCUT2D eigenvalue weighted by atomic mass is 10.0. The van der Waals surface area contributed by atoms with Crippen molar-refractivity contribution in [2.45, 2.75) is 12.8 Å². The molecule has 1 N–H and O–H groups in total. The first kappa shape index (κ1) is 9.26. The van der Waals surface area contributed by atoms with E-state index in [2.05, 4.69) is 15.9 Å².